The number of benzene rings is 1. The number of carboxylic acids is 1. The fraction of sp³-hybridized carbons (Fsp3) is 0.308. The molecule has 0 saturated carbocycles. The number of rotatable bonds is 6. The van der Waals surface area contributed by atoms with Crippen molar-refractivity contribution >= 4 is 11.7 Å². The molecule has 0 aliphatic rings. The van der Waals surface area contributed by atoms with Gasteiger partial charge in [-0.3, -0.25) is 13.6 Å². The third-order valence-electron chi connectivity index (χ3n) is 5.99. The van der Waals surface area contributed by atoms with Gasteiger partial charge in [-0.05, 0) is 49.6 Å². The maximum absolute atomic E-state index is 15.0. The van der Waals surface area contributed by atoms with Gasteiger partial charge < -0.3 is 10.1 Å². The Morgan fingerprint density at radius 2 is 1.82 bits per heavy atom. The maximum atomic E-state index is 15.0. The summed E-state index contributed by atoms with van der Waals surface area (Å²) >= 11 is 0. The van der Waals surface area contributed by atoms with Gasteiger partial charge >= 0.3 is 5.97 Å². The van der Waals surface area contributed by atoms with Gasteiger partial charge in [0.25, 0.3) is 0 Å². The molecule has 5 nitrogen and oxygen atoms in total. The summed E-state index contributed by atoms with van der Waals surface area (Å²) in [6.07, 6.45) is 0. The van der Waals surface area contributed by atoms with E-state index in [-0.39, 0.29) is 49.9 Å². The molecule has 0 spiro atoms. The Morgan fingerprint density at radius 1 is 1.15 bits per heavy atom. The second kappa shape index (κ2) is 10.5. The van der Waals surface area contributed by atoms with Gasteiger partial charge in [-0.25, -0.2) is 9.78 Å². The molecule has 0 aliphatic heterocycles. The molecular formula is C26H24F2N3O2Pt-. The number of carbonyl (C=O) groups is 1. The molecule has 0 saturated heterocycles. The van der Waals surface area contributed by atoms with E-state index < -0.39 is 28.7 Å². The summed E-state index contributed by atoms with van der Waals surface area (Å²) in [6, 6.07) is 11.9. The largest absolute Gasteiger partial charge is 0.477 e. The van der Waals surface area contributed by atoms with Crippen molar-refractivity contribution in [1.82, 2.24) is 9.97 Å². The molecule has 180 valence electrons. The van der Waals surface area contributed by atoms with Crippen LogP contribution in [0.15, 0.2) is 36.4 Å². The molecule has 8 heteroatoms. The van der Waals surface area contributed by atoms with Crippen LogP contribution in [0.5, 0.6) is 0 Å². The zero-order valence-electron chi connectivity index (χ0n) is 19.4. The number of nitrogens with zero attached hydrogens (tertiary/aromatic N) is 3. The van der Waals surface area contributed by atoms with Crippen molar-refractivity contribution < 1.29 is 39.7 Å². The van der Waals surface area contributed by atoms with Crippen molar-refractivity contribution in [3.63, 3.8) is 0 Å². The molecule has 0 amide bonds. The number of aromatic nitrogens is 2. The Bertz CT molecular complexity index is 1270. The molecule has 3 aromatic rings. The number of carboxylic acid groups (broad SMARTS) is 1. The van der Waals surface area contributed by atoms with E-state index in [0.29, 0.717) is 11.4 Å². The van der Waals surface area contributed by atoms with Gasteiger partial charge in [0, 0.05) is 43.8 Å². The van der Waals surface area contributed by atoms with Crippen LogP contribution in [0.25, 0.3) is 16.1 Å². The molecule has 0 bridgehead atoms. The van der Waals surface area contributed by atoms with Crippen LogP contribution in [0.4, 0.5) is 14.5 Å². The predicted molar refractivity (Wildman–Crippen MR) is 121 cm³/mol. The quantitative estimate of drug-likeness (QED) is 0.310. The fourth-order valence-corrected chi connectivity index (χ4v) is 3.46. The molecule has 0 fully saturated rings. The zero-order chi connectivity index (χ0) is 24.5. The number of halogens is 2. The third kappa shape index (κ3) is 5.23. The minimum atomic E-state index is -1.14. The minimum Gasteiger partial charge on any atom is -0.477 e. The normalized spacial score (nSPS) is 12.1. The van der Waals surface area contributed by atoms with E-state index in [1.807, 2.05) is 26.8 Å². The van der Waals surface area contributed by atoms with Crippen molar-refractivity contribution in [1.29, 1.82) is 0 Å². The van der Waals surface area contributed by atoms with Gasteiger partial charge in [0.15, 0.2) is 5.69 Å². The van der Waals surface area contributed by atoms with Gasteiger partial charge in [-0.1, -0.05) is 38.5 Å². The predicted octanol–water partition coefficient (Wildman–Crippen LogP) is 6.55. The van der Waals surface area contributed by atoms with E-state index in [1.54, 1.807) is 18.2 Å². The first-order valence-electron chi connectivity index (χ1n) is 10.5. The first-order valence-corrected chi connectivity index (χ1v) is 10.5. The SMILES string of the molecule is [C-]#[N+]c1c(F)c[c-]c(-c2cc(C(C)C(C)C)cc(C(C)(C)c3cccc(C(=O)O)n3)n2)c1F.[Pt]. The average molecular weight is 644 g/mol. The fourth-order valence-electron chi connectivity index (χ4n) is 3.46. The van der Waals surface area contributed by atoms with Gasteiger partial charge in [-0.15, -0.1) is 17.7 Å². The number of aromatic carboxylic acids is 1. The van der Waals surface area contributed by atoms with E-state index in [9.17, 15) is 14.3 Å². The van der Waals surface area contributed by atoms with Crippen LogP contribution >= 0.6 is 0 Å². The molecular weight excluding hydrogens is 619 g/mol. The summed E-state index contributed by atoms with van der Waals surface area (Å²) in [5.74, 6) is -2.78. The summed E-state index contributed by atoms with van der Waals surface area (Å²) in [4.78, 5) is 23.3. The van der Waals surface area contributed by atoms with Gasteiger partial charge in [-0.2, -0.15) is 0 Å². The molecule has 1 atom stereocenters. The Balaban J connectivity index is 0.00000408. The van der Waals surface area contributed by atoms with Crippen molar-refractivity contribution in [2.45, 2.75) is 46.0 Å². The molecule has 2 heterocycles. The summed E-state index contributed by atoms with van der Waals surface area (Å²) in [5.41, 5.74) is 0.418. The van der Waals surface area contributed by atoms with Crippen molar-refractivity contribution in [2.75, 3.05) is 0 Å². The molecule has 1 N–H and O–H groups in total. The second-order valence-corrected chi connectivity index (χ2v) is 8.83. The topological polar surface area (TPSA) is 67.4 Å². The van der Waals surface area contributed by atoms with E-state index in [4.69, 9.17) is 6.57 Å². The van der Waals surface area contributed by atoms with E-state index in [0.717, 1.165) is 11.6 Å². The summed E-state index contributed by atoms with van der Waals surface area (Å²) in [7, 11) is 0. The summed E-state index contributed by atoms with van der Waals surface area (Å²) < 4.78 is 28.9. The summed E-state index contributed by atoms with van der Waals surface area (Å²) in [5, 5.41) is 9.34. The van der Waals surface area contributed by atoms with Gasteiger partial charge in [0.2, 0.25) is 0 Å². The van der Waals surface area contributed by atoms with Crippen LogP contribution in [-0.2, 0) is 26.5 Å². The van der Waals surface area contributed by atoms with E-state index in [1.165, 1.54) is 6.07 Å². The minimum absolute atomic E-state index is 0. The van der Waals surface area contributed by atoms with Crippen molar-refractivity contribution in [3.05, 3.63) is 88.2 Å². The summed E-state index contributed by atoms with van der Waals surface area (Å²) in [6.45, 7) is 17.0. The zero-order valence-corrected chi connectivity index (χ0v) is 21.7. The first-order chi connectivity index (χ1) is 15.5. The average Bonchev–Trinajstić information content (AvgIpc) is 2.78. The molecule has 1 aromatic carbocycles. The monoisotopic (exact) mass is 643 g/mol. The standard InChI is InChI=1S/C26H24F2N3O2.Pt/c1-14(2)15(3)16-12-20(17-10-11-18(27)24(29-6)23(17)28)31-22(13-16)26(4,5)21-9-7-8-19(30-21)25(32)33;/h7-9,11-15H,1-5H3,(H,32,33);/q-1;. The van der Waals surface area contributed by atoms with E-state index >= 15 is 4.39 Å². The Morgan fingerprint density at radius 3 is 2.41 bits per heavy atom. The molecule has 34 heavy (non-hydrogen) atoms. The van der Waals surface area contributed by atoms with Crippen LogP contribution in [0.3, 0.4) is 0 Å². The Labute approximate surface area is 212 Å². The van der Waals surface area contributed by atoms with Crippen LogP contribution in [0.1, 0.15) is 68.0 Å². The van der Waals surface area contributed by atoms with Crippen molar-refractivity contribution in [2.24, 2.45) is 5.92 Å². The molecule has 3 rings (SSSR count). The smallest absolute Gasteiger partial charge is 0.354 e. The Kier molecular flexibility index (Phi) is 8.44. The molecule has 1 unspecified atom stereocenters. The van der Waals surface area contributed by atoms with Crippen molar-refractivity contribution in [3.8, 4) is 11.3 Å². The number of hydrogen-bond acceptors (Lipinski definition) is 3. The molecule has 2 aromatic heterocycles. The van der Waals surface area contributed by atoms with Crippen LogP contribution in [0, 0.1) is 30.2 Å². The van der Waals surface area contributed by atoms with E-state index in [2.05, 4.69) is 34.7 Å². The number of hydrogen-bond donors (Lipinski definition) is 1. The first kappa shape index (κ1) is 27.3. The maximum Gasteiger partial charge on any atom is 0.354 e. The second-order valence-electron chi connectivity index (χ2n) is 8.83. The molecule has 0 aliphatic carbocycles. The van der Waals surface area contributed by atoms with Crippen LogP contribution < -0.4 is 0 Å². The van der Waals surface area contributed by atoms with Gasteiger partial charge in [0.1, 0.15) is 5.69 Å². The third-order valence-corrected chi connectivity index (χ3v) is 5.99. The van der Waals surface area contributed by atoms with Gasteiger partial charge in [0.05, 0.1) is 12.3 Å². The Hall–Kier alpha value is -2.97. The van der Waals surface area contributed by atoms with Crippen LogP contribution in [0.2, 0.25) is 0 Å². The molecule has 0 radical (unpaired) electrons. The van der Waals surface area contributed by atoms with Crippen LogP contribution in [-0.4, -0.2) is 21.0 Å². The number of pyridine rings is 2.